The molecule has 14 heavy (non-hydrogen) atoms. The molecule has 3 heteroatoms. The second-order valence-electron chi connectivity index (χ2n) is 4.17. The van der Waals surface area contributed by atoms with E-state index in [1.165, 1.54) is 0 Å². The second kappa shape index (κ2) is 3.62. The molecule has 0 aromatic heterocycles. The Bertz CT molecular complexity index is 282. The summed E-state index contributed by atoms with van der Waals surface area (Å²) in [6, 6.07) is 0.736. The van der Waals surface area contributed by atoms with E-state index in [4.69, 9.17) is 11.5 Å². The Hall–Kier alpha value is -1.01. The van der Waals surface area contributed by atoms with Gasteiger partial charge in [0.25, 0.3) is 0 Å². The first-order valence-electron chi connectivity index (χ1n) is 5.16. The molecule has 0 spiro atoms. The largest absolute Gasteiger partial charge is 0.481 e. The van der Waals surface area contributed by atoms with Crippen LogP contribution in [0.4, 0.5) is 0 Å². The minimum absolute atomic E-state index is 0.147. The van der Waals surface area contributed by atoms with Crippen LogP contribution in [0.2, 0.25) is 0 Å². The molecule has 1 N–H and O–H groups in total. The summed E-state index contributed by atoms with van der Waals surface area (Å²) in [6.45, 7) is 0.871. The summed E-state index contributed by atoms with van der Waals surface area (Å²) in [7, 11) is 0. The van der Waals surface area contributed by atoms with Crippen molar-refractivity contribution in [3.05, 3.63) is 0 Å². The minimum atomic E-state index is -0.636. The quantitative estimate of drug-likeness (QED) is 0.678. The molecule has 3 atom stereocenters. The van der Waals surface area contributed by atoms with Gasteiger partial charge in [-0.15, -0.1) is 12.3 Å². The molecule has 0 aromatic rings. The van der Waals surface area contributed by atoms with Crippen LogP contribution in [0.25, 0.3) is 0 Å². The zero-order valence-corrected chi connectivity index (χ0v) is 8.15. The zero-order valence-electron chi connectivity index (χ0n) is 8.15. The molecular weight excluding hydrogens is 178 g/mol. The number of nitrogens with zero attached hydrogens (tertiary/aromatic N) is 1. The van der Waals surface area contributed by atoms with E-state index >= 15 is 0 Å². The molecule has 2 bridgehead atoms. The number of rotatable bonds is 3. The topological polar surface area (TPSA) is 40.5 Å². The van der Waals surface area contributed by atoms with E-state index < -0.39 is 5.97 Å². The molecule has 0 radical (unpaired) electrons. The highest BCUT2D eigenvalue weighted by Gasteiger charge is 2.48. The lowest BCUT2D eigenvalue weighted by atomic mass is 9.89. The van der Waals surface area contributed by atoms with E-state index in [1.807, 2.05) is 0 Å². The average molecular weight is 193 g/mol. The van der Waals surface area contributed by atoms with Gasteiger partial charge in [-0.1, -0.05) is 0 Å². The third-order valence-electron chi connectivity index (χ3n) is 3.51. The first-order valence-corrected chi connectivity index (χ1v) is 5.16. The normalized spacial score (nSPS) is 35.8. The number of aliphatic carboxylic acids is 1. The molecular formula is C11H15NO2. The van der Waals surface area contributed by atoms with Gasteiger partial charge in [0.2, 0.25) is 0 Å². The lowest BCUT2D eigenvalue weighted by Crippen LogP contribution is -2.33. The van der Waals surface area contributed by atoms with E-state index in [-0.39, 0.29) is 12.0 Å². The highest BCUT2D eigenvalue weighted by molar-refractivity contribution is 5.71. The Morgan fingerprint density at radius 2 is 2.36 bits per heavy atom. The fourth-order valence-electron chi connectivity index (χ4n) is 2.91. The molecule has 2 saturated heterocycles. The fourth-order valence-corrected chi connectivity index (χ4v) is 2.91. The molecule has 3 nitrogen and oxygen atoms in total. The Morgan fingerprint density at radius 3 is 2.93 bits per heavy atom. The van der Waals surface area contributed by atoms with Crippen molar-refractivity contribution in [2.24, 2.45) is 5.92 Å². The maximum Gasteiger partial charge on any atom is 0.308 e. The number of hydrogen-bond acceptors (Lipinski definition) is 2. The molecule has 2 fully saturated rings. The van der Waals surface area contributed by atoms with Crippen molar-refractivity contribution in [2.45, 2.75) is 37.8 Å². The summed E-state index contributed by atoms with van der Waals surface area (Å²) in [6.07, 6.45) is 8.96. The maximum absolute atomic E-state index is 10.9. The van der Waals surface area contributed by atoms with Crippen molar-refractivity contribution < 1.29 is 9.90 Å². The van der Waals surface area contributed by atoms with Gasteiger partial charge in [-0.25, -0.2) is 0 Å². The SMILES string of the molecule is C#CCCN1C2CCC1C(C(=O)O)C2. The number of hydrogen-bond donors (Lipinski definition) is 1. The predicted molar refractivity (Wildman–Crippen MR) is 52.7 cm³/mol. The van der Waals surface area contributed by atoms with Gasteiger partial charge in [0.1, 0.15) is 0 Å². The number of carbonyl (C=O) groups is 1. The number of carboxylic acids is 1. The number of terminal acetylenes is 1. The van der Waals surface area contributed by atoms with Crippen LogP contribution in [0.3, 0.4) is 0 Å². The lowest BCUT2D eigenvalue weighted by Gasteiger charge is -2.21. The van der Waals surface area contributed by atoms with Crippen LogP contribution < -0.4 is 0 Å². The minimum Gasteiger partial charge on any atom is -0.481 e. The molecule has 3 unspecified atom stereocenters. The van der Waals surface area contributed by atoms with Crippen LogP contribution in [0.15, 0.2) is 0 Å². The van der Waals surface area contributed by atoms with Crippen molar-refractivity contribution in [3.63, 3.8) is 0 Å². The van der Waals surface area contributed by atoms with Crippen molar-refractivity contribution in [1.82, 2.24) is 4.90 Å². The molecule has 0 aliphatic carbocycles. The third kappa shape index (κ3) is 1.40. The maximum atomic E-state index is 10.9. The van der Waals surface area contributed by atoms with Crippen molar-refractivity contribution >= 4 is 5.97 Å². The fraction of sp³-hybridized carbons (Fsp3) is 0.727. The van der Waals surface area contributed by atoms with E-state index in [1.54, 1.807) is 0 Å². The van der Waals surface area contributed by atoms with Crippen LogP contribution in [0, 0.1) is 18.3 Å². The summed E-state index contributed by atoms with van der Waals surface area (Å²) in [5, 5.41) is 9.01. The van der Waals surface area contributed by atoms with Crippen molar-refractivity contribution in [3.8, 4) is 12.3 Å². The standard InChI is InChI=1S/C11H15NO2/c1-2-3-6-12-8-4-5-10(12)9(7-8)11(13)14/h1,8-10H,3-7H2,(H,13,14). The zero-order chi connectivity index (χ0) is 10.1. The molecule has 0 aromatic carbocycles. The van der Waals surface area contributed by atoms with E-state index in [0.29, 0.717) is 6.04 Å². The highest BCUT2D eigenvalue weighted by Crippen LogP contribution is 2.41. The average Bonchev–Trinajstić information content (AvgIpc) is 2.71. The van der Waals surface area contributed by atoms with Gasteiger partial charge < -0.3 is 5.11 Å². The van der Waals surface area contributed by atoms with Crippen LogP contribution in [0.1, 0.15) is 25.7 Å². The van der Waals surface area contributed by atoms with Gasteiger partial charge in [-0.05, 0) is 19.3 Å². The number of carboxylic acid groups (broad SMARTS) is 1. The van der Waals surface area contributed by atoms with E-state index in [2.05, 4.69) is 10.8 Å². The molecule has 2 aliphatic heterocycles. The summed E-state index contributed by atoms with van der Waals surface area (Å²) in [5.74, 6) is 1.84. The van der Waals surface area contributed by atoms with Crippen LogP contribution in [0.5, 0.6) is 0 Å². The van der Waals surface area contributed by atoms with Crippen LogP contribution >= 0.6 is 0 Å². The Morgan fingerprint density at radius 1 is 1.57 bits per heavy atom. The molecule has 2 aliphatic rings. The van der Waals surface area contributed by atoms with Crippen LogP contribution in [-0.4, -0.2) is 34.6 Å². The second-order valence-corrected chi connectivity index (χ2v) is 4.17. The Labute approximate surface area is 84.1 Å². The first-order chi connectivity index (χ1) is 6.74. The van der Waals surface area contributed by atoms with Gasteiger partial charge in [-0.2, -0.15) is 0 Å². The summed E-state index contributed by atoms with van der Waals surface area (Å²) in [4.78, 5) is 13.2. The van der Waals surface area contributed by atoms with E-state index in [0.717, 1.165) is 32.2 Å². The molecule has 2 rings (SSSR count). The van der Waals surface area contributed by atoms with Gasteiger partial charge in [0.05, 0.1) is 5.92 Å². The smallest absolute Gasteiger partial charge is 0.308 e. The monoisotopic (exact) mass is 193 g/mol. The third-order valence-corrected chi connectivity index (χ3v) is 3.51. The predicted octanol–water partition coefficient (Wildman–Crippen LogP) is 0.947. The van der Waals surface area contributed by atoms with Crippen molar-refractivity contribution in [2.75, 3.05) is 6.54 Å². The van der Waals surface area contributed by atoms with Crippen LogP contribution in [-0.2, 0) is 4.79 Å². The summed E-state index contributed by atoms with van der Waals surface area (Å²) < 4.78 is 0. The first kappa shape index (κ1) is 9.54. The Balaban J connectivity index is 2.01. The lowest BCUT2D eigenvalue weighted by molar-refractivity contribution is -0.142. The Kier molecular flexibility index (Phi) is 2.47. The molecule has 0 amide bonds. The summed E-state index contributed by atoms with van der Waals surface area (Å²) in [5.41, 5.74) is 0. The summed E-state index contributed by atoms with van der Waals surface area (Å²) >= 11 is 0. The van der Waals surface area contributed by atoms with Gasteiger partial charge in [-0.3, -0.25) is 9.69 Å². The van der Waals surface area contributed by atoms with Gasteiger partial charge in [0.15, 0.2) is 0 Å². The van der Waals surface area contributed by atoms with Crippen molar-refractivity contribution in [1.29, 1.82) is 0 Å². The molecule has 0 saturated carbocycles. The van der Waals surface area contributed by atoms with E-state index in [9.17, 15) is 4.79 Å². The molecule has 76 valence electrons. The highest BCUT2D eigenvalue weighted by atomic mass is 16.4. The number of fused-ring (bicyclic) bond motifs is 2. The van der Waals surface area contributed by atoms with Gasteiger partial charge in [0, 0.05) is 25.0 Å². The van der Waals surface area contributed by atoms with Gasteiger partial charge >= 0.3 is 5.97 Å². The molecule has 2 heterocycles.